The summed E-state index contributed by atoms with van der Waals surface area (Å²) in [6.07, 6.45) is 0. The highest BCUT2D eigenvalue weighted by Crippen LogP contribution is 2.24. The van der Waals surface area contributed by atoms with Crippen molar-refractivity contribution in [2.45, 2.75) is 24.4 Å². The molecule has 0 saturated carbocycles. The van der Waals surface area contributed by atoms with Crippen LogP contribution in [0.1, 0.15) is 12.5 Å². The molecule has 0 saturated heterocycles. The van der Waals surface area contributed by atoms with Gasteiger partial charge >= 0.3 is 0 Å². The number of hydrogen-bond acceptors (Lipinski definition) is 5. The first-order chi connectivity index (χ1) is 10.5. The number of thiophene rings is 1. The topological polar surface area (TPSA) is 46.6 Å². The first kappa shape index (κ1) is 17.3. The maximum atomic E-state index is 12.9. The van der Waals surface area contributed by atoms with Gasteiger partial charge in [-0.15, -0.1) is 0 Å². The second-order valence-electron chi connectivity index (χ2n) is 4.89. The Balaban J connectivity index is 2.35. The van der Waals surface area contributed by atoms with Crippen molar-refractivity contribution in [3.8, 4) is 5.75 Å². The average Bonchev–Trinajstić information content (AvgIpc) is 3.05. The van der Waals surface area contributed by atoms with E-state index in [1.54, 1.807) is 42.7 Å². The minimum absolute atomic E-state index is 0.199. The average molecular weight is 358 g/mol. The number of rotatable bonds is 7. The maximum absolute atomic E-state index is 12.9. The Labute approximate surface area is 141 Å². The van der Waals surface area contributed by atoms with Crippen LogP contribution in [-0.2, 0) is 16.6 Å². The van der Waals surface area contributed by atoms with Gasteiger partial charge < -0.3 is 4.74 Å². The van der Waals surface area contributed by atoms with Crippen molar-refractivity contribution in [3.05, 3.63) is 46.7 Å². The number of sulfonamides is 1. The minimum atomic E-state index is -3.58. The molecule has 120 valence electrons. The van der Waals surface area contributed by atoms with Gasteiger partial charge in [-0.2, -0.15) is 28.3 Å². The molecule has 4 nitrogen and oxygen atoms in total. The number of hydrogen-bond donors (Lipinski definition) is 1. The zero-order chi connectivity index (χ0) is 16.2. The first-order valence-electron chi connectivity index (χ1n) is 6.77. The third-order valence-corrected chi connectivity index (χ3v) is 6.58. The van der Waals surface area contributed by atoms with E-state index in [2.05, 4.69) is 12.6 Å². The molecule has 1 aromatic heterocycles. The SMILES string of the molecule is COc1ccc(S(=O)(=O)N(Cc2ccsc2)C(C)CS)cc1. The monoisotopic (exact) mass is 357 g/mol. The molecule has 7 heteroatoms. The van der Waals surface area contributed by atoms with Gasteiger partial charge in [0.2, 0.25) is 10.0 Å². The molecule has 22 heavy (non-hydrogen) atoms. The zero-order valence-electron chi connectivity index (χ0n) is 12.5. The van der Waals surface area contributed by atoms with E-state index in [9.17, 15) is 8.42 Å². The lowest BCUT2D eigenvalue weighted by molar-refractivity contribution is 0.352. The Bertz CT molecular complexity index is 681. The van der Waals surface area contributed by atoms with Gasteiger partial charge in [0.05, 0.1) is 12.0 Å². The van der Waals surface area contributed by atoms with Crippen LogP contribution in [0.4, 0.5) is 0 Å². The minimum Gasteiger partial charge on any atom is -0.497 e. The van der Waals surface area contributed by atoms with Crippen LogP contribution in [-0.4, -0.2) is 31.6 Å². The zero-order valence-corrected chi connectivity index (χ0v) is 15.0. The molecule has 1 unspecified atom stereocenters. The molecular formula is C15H19NO3S3. The van der Waals surface area contributed by atoms with Crippen LogP contribution in [0.3, 0.4) is 0 Å². The van der Waals surface area contributed by atoms with E-state index in [-0.39, 0.29) is 10.9 Å². The van der Waals surface area contributed by atoms with Gasteiger partial charge in [0.15, 0.2) is 0 Å². The fourth-order valence-electron chi connectivity index (χ4n) is 2.01. The van der Waals surface area contributed by atoms with Crippen LogP contribution in [0.25, 0.3) is 0 Å². The molecule has 0 aliphatic rings. The summed E-state index contributed by atoms with van der Waals surface area (Å²) in [5, 5.41) is 3.90. The molecular weight excluding hydrogens is 338 g/mol. The molecule has 2 aromatic rings. The molecule has 1 heterocycles. The number of thiol groups is 1. The van der Waals surface area contributed by atoms with Crippen molar-refractivity contribution in [1.29, 1.82) is 0 Å². The predicted molar refractivity (Wildman–Crippen MR) is 93.4 cm³/mol. The highest BCUT2D eigenvalue weighted by atomic mass is 32.2. The summed E-state index contributed by atoms with van der Waals surface area (Å²) >= 11 is 5.81. The van der Waals surface area contributed by atoms with Gasteiger partial charge in [-0.25, -0.2) is 8.42 Å². The van der Waals surface area contributed by atoms with Gasteiger partial charge in [0.25, 0.3) is 0 Å². The first-order valence-corrected chi connectivity index (χ1v) is 9.78. The van der Waals surface area contributed by atoms with Crippen molar-refractivity contribution >= 4 is 34.0 Å². The van der Waals surface area contributed by atoms with Gasteiger partial charge in [0.1, 0.15) is 5.75 Å². The van der Waals surface area contributed by atoms with E-state index >= 15 is 0 Å². The number of ether oxygens (including phenoxy) is 1. The second kappa shape index (κ2) is 7.50. The molecule has 0 radical (unpaired) electrons. The lowest BCUT2D eigenvalue weighted by Gasteiger charge is -2.27. The van der Waals surface area contributed by atoms with Gasteiger partial charge in [-0.1, -0.05) is 0 Å². The quantitative estimate of drug-likeness (QED) is 0.774. The Hall–Kier alpha value is -1.02. The van der Waals surface area contributed by atoms with E-state index in [1.165, 1.54) is 4.31 Å². The van der Waals surface area contributed by atoms with Crippen LogP contribution in [0.15, 0.2) is 46.0 Å². The van der Waals surface area contributed by atoms with Crippen LogP contribution in [0, 0.1) is 0 Å². The van der Waals surface area contributed by atoms with Crippen molar-refractivity contribution in [2.24, 2.45) is 0 Å². The third-order valence-electron chi connectivity index (χ3n) is 3.34. The maximum Gasteiger partial charge on any atom is 0.243 e. The molecule has 0 N–H and O–H groups in total. The highest BCUT2D eigenvalue weighted by Gasteiger charge is 2.28. The van der Waals surface area contributed by atoms with Crippen LogP contribution in [0.5, 0.6) is 5.75 Å². The number of methoxy groups -OCH3 is 1. The van der Waals surface area contributed by atoms with Crippen molar-refractivity contribution in [2.75, 3.05) is 12.9 Å². The predicted octanol–water partition coefficient (Wildman–Crippen LogP) is 3.27. The van der Waals surface area contributed by atoms with Gasteiger partial charge in [0, 0.05) is 18.3 Å². The molecule has 0 spiro atoms. The summed E-state index contributed by atoms with van der Waals surface area (Å²) in [4.78, 5) is 0.261. The Kier molecular flexibility index (Phi) is 5.91. The Morgan fingerprint density at radius 3 is 2.45 bits per heavy atom. The summed E-state index contributed by atoms with van der Waals surface area (Å²) in [5.74, 6) is 1.09. The molecule has 1 atom stereocenters. The molecule has 2 rings (SSSR count). The molecule has 0 aliphatic heterocycles. The number of nitrogens with zero attached hydrogens (tertiary/aromatic N) is 1. The van der Waals surface area contributed by atoms with Crippen LogP contribution < -0.4 is 4.74 Å². The summed E-state index contributed by atoms with van der Waals surface area (Å²) in [7, 11) is -2.03. The van der Waals surface area contributed by atoms with Gasteiger partial charge in [-0.05, 0) is 53.6 Å². The van der Waals surface area contributed by atoms with Crippen LogP contribution >= 0.6 is 24.0 Å². The van der Waals surface area contributed by atoms with E-state index in [0.29, 0.717) is 18.0 Å². The molecule has 0 fully saturated rings. The molecule has 0 amide bonds. The molecule has 1 aromatic carbocycles. The summed E-state index contributed by atoms with van der Waals surface area (Å²) in [5.41, 5.74) is 0.982. The molecule has 0 aliphatic carbocycles. The second-order valence-corrected chi connectivity index (χ2v) is 7.92. The third kappa shape index (κ3) is 3.84. The number of benzene rings is 1. The lowest BCUT2D eigenvalue weighted by atomic mass is 10.3. The van der Waals surface area contributed by atoms with E-state index in [1.807, 2.05) is 23.8 Å². The fourth-order valence-corrected chi connectivity index (χ4v) is 4.60. The van der Waals surface area contributed by atoms with Gasteiger partial charge in [-0.3, -0.25) is 0 Å². The van der Waals surface area contributed by atoms with Crippen LogP contribution in [0.2, 0.25) is 0 Å². The van der Waals surface area contributed by atoms with Crippen molar-refractivity contribution in [3.63, 3.8) is 0 Å². The highest BCUT2D eigenvalue weighted by molar-refractivity contribution is 7.89. The largest absolute Gasteiger partial charge is 0.497 e. The van der Waals surface area contributed by atoms with E-state index in [4.69, 9.17) is 4.74 Å². The van der Waals surface area contributed by atoms with E-state index < -0.39 is 10.0 Å². The summed E-state index contributed by atoms with van der Waals surface area (Å²) in [6.45, 7) is 2.21. The standard InChI is InChI=1S/C15H19NO3S3/c1-12(10-20)16(9-13-7-8-21-11-13)22(17,18)15-5-3-14(19-2)4-6-15/h3-8,11-12,20H,9-10H2,1-2H3. The van der Waals surface area contributed by atoms with Crippen molar-refractivity contribution < 1.29 is 13.2 Å². The molecule has 0 bridgehead atoms. The fraction of sp³-hybridized carbons (Fsp3) is 0.333. The lowest BCUT2D eigenvalue weighted by Crippen LogP contribution is -2.39. The Morgan fingerprint density at radius 2 is 1.95 bits per heavy atom. The Morgan fingerprint density at radius 1 is 1.27 bits per heavy atom. The van der Waals surface area contributed by atoms with E-state index in [0.717, 1.165) is 5.56 Å². The smallest absolute Gasteiger partial charge is 0.243 e. The van der Waals surface area contributed by atoms with Crippen molar-refractivity contribution in [1.82, 2.24) is 4.31 Å². The normalized spacial score (nSPS) is 13.3. The summed E-state index contributed by atoms with van der Waals surface area (Å²) < 4.78 is 32.4. The summed E-state index contributed by atoms with van der Waals surface area (Å²) in [6, 6.07) is 8.18.